The average molecular weight is 468 g/mol. The van der Waals surface area contributed by atoms with Crippen molar-refractivity contribution in [3.8, 4) is 11.1 Å². The number of likely N-dealkylation sites (tertiary alicyclic amines) is 2. The van der Waals surface area contributed by atoms with Gasteiger partial charge in [-0.15, -0.1) is 0 Å². The minimum absolute atomic E-state index is 0.258. The van der Waals surface area contributed by atoms with Crippen molar-refractivity contribution in [2.45, 2.75) is 32.4 Å². The molecule has 2 saturated heterocycles. The van der Waals surface area contributed by atoms with Gasteiger partial charge in [0.2, 0.25) is 0 Å². The summed E-state index contributed by atoms with van der Waals surface area (Å²) in [6.45, 7) is 6.35. The van der Waals surface area contributed by atoms with Crippen molar-refractivity contribution in [1.29, 1.82) is 0 Å². The fraction of sp³-hybridized carbons (Fsp3) is 0.333. The summed E-state index contributed by atoms with van der Waals surface area (Å²) in [4.78, 5) is 26.9. The standard InChI is InChI=1S/C27H29N7O/c35-27(30-22-5-6-23(29-16-22)18-34-10-3-11-34)26-24-13-20(4-7-25(24)31-32-26)21-12-19(14-28-15-21)17-33-8-1-2-9-33/h4-7,12-16H,1-3,8-11,17-18H2,(H,30,35)(H,31,32). The van der Waals surface area contributed by atoms with Crippen LogP contribution in [-0.2, 0) is 13.1 Å². The van der Waals surface area contributed by atoms with Crippen molar-refractivity contribution in [2.75, 3.05) is 31.5 Å². The molecule has 0 bridgehead atoms. The van der Waals surface area contributed by atoms with E-state index in [1.807, 2.05) is 42.7 Å². The van der Waals surface area contributed by atoms with Crippen LogP contribution in [0.1, 0.15) is 41.0 Å². The van der Waals surface area contributed by atoms with Gasteiger partial charge in [-0.1, -0.05) is 6.07 Å². The van der Waals surface area contributed by atoms with Gasteiger partial charge >= 0.3 is 0 Å². The molecule has 0 radical (unpaired) electrons. The van der Waals surface area contributed by atoms with E-state index in [9.17, 15) is 4.79 Å². The predicted molar refractivity (Wildman–Crippen MR) is 136 cm³/mol. The zero-order chi connectivity index (χ0) is 23.6. The zero-order valence-corrected chi connectivity index (χ0v) is 19.7. The van der Waals surface area contributed by atoms with Crippen LogP contribution in [0.15, 0.2) is 55.0 Å². The normalized spacial score (nSPS) is 16.5. The number of carbonyl (C=O) groups is 1. The van der Waals surface area contributed by atoms with Gasteiger partial charge < -0.3 is 5.32 Å². The fourth-order valence-electron chi connectivity index (χ4n) is 4.85. The molecule has 0 unspecified atom stereocenters. The van der Waals surface area contributed by atoms with Crippen molar-refractivity contribution in [3.05, 3.63) is 71.9 Å². The van der Waals surface area contributed by atoms with E-state index >= 15 is 0 Å². The van der Waals surface area contributed by atoms with E-state index in [2.05, 4.69) is 41.3 Å². The van der Waals surface area contributed by atoms with Gasteiger partial charge in [0.25, 0.3) is 5.91 Å². The number of aromatic nitrogens is 4. The number of amides is 1. The number of nitrogens with zero attached hydrogens (tertiary/aromatic N) is 5. The summed E-state index contributed by atoms with van der Waals surface area (Å²) in [7, 11) is 0. The van der Waals surface area contributed by atoms with Crippen LogP contribution in [0.2, 0.25) is 0 Å². The van der Waals surface area contributed by atoms with Gasteiger partial charge in [-0.05, 0) is 86.9 Å². The minimum Gasteiger partial charge on any atom is -0.319 e. The Morgan fingerprint density at radius 1 is 0.886 bits per heavy atom. The highest BCUT2D eigenvalue weighted by Crippen LogP contribution is 2.27. The molecule has 35 heavy (non-hydrogen) atoms. The van der Waals surface area contributed by atoms with Crippen LogP contribution < -0.4 is 5.32 Å². The number of pyridine rings is 2. The number of carbonyl (C=O) groups excluding carboxylic acids is 1. The third-order valence-electron chi connectivity index (χ3n) is 6.93. The molecule has 1 amide bonds. The van der Waals surface area contributed by atoms with Crippen LogP contribution in [0.4, 0.5) is 5.69 Å². The number of rotatable bonds is 7. The lowest BCUT2D eigenvalue weighted by molar-refractivity contribution is 0.102. The Hall–Kier alpha value is -3.62. The van der Waals surface area contributed by atoms with Crippen LogP contribution in [0.25, 0.3) is 22.0 Å². The molecule has 8 heteroatoms. The number of nitrogens with one attached hydrogen (secondary N) is 2. The molecule has 3 aromatic heterocycles. The van der Waals surface area contributed by atoms with E-state index in [-0.39, 0.29) is 5.91 Å². The molecule has 178 valence electrons. The summed E-state index contributed by atoms with van der Waals surface area (Å²) in [6.07, 6.45) is 9.34. The predicted octanol–water partition coefficient (Wildman–Crippen LogP) is 4.07. The van der Waals surface area contributed by atoms with E-state index in [1.165, 1.54) is 24.8 Å². The van der Waals surface area contributed by atoms with Crippen LogP contribution in [0.5, 0.6) is 0 Å². The van der Waals surface area contributed by atoms with Crippen molar-refractivity contribution in [1.82, 2.24) is 30.0 Å². The molecule has 0 aliphatic carbocycles. The highest BCUT2D eigenvalue weighted by atomic mass is 16.1. The van der Waals surface area contributed by atoms with Gasteiger partial charge in [-0.25, -0.2) is 0 Å². The first kappa shape index (κ1) is 21.9. The molecule has 0 saturated carbocycles. The van der Waals surface area contributed by atoms with Gasteiger partial charge in [0.1, 0.15) is 0 Å². The first-order chi connectivity index (χ1) is 17.2. The van der Waals surface area contributed by atoms with Crippen LogP contribution >= 0.6 is 0 Å². The van der Waals surface area contributed by atoms with Crippen LogP contribution in [-0.4, -0.2) is 62.1 Å². The third-order valence-corrected chi connectivity index (χ3v) is 6.93. The van der Waals surface area contributed by atoms with E-state index in [4.69, 9.17) is 0 Å². The number of hydrogen-bond acceptors (Lipinski definition) is 6. The topological polar surface area (TPSA) is 90.0 Å². The number of fused-ring (bicyclic) bond motifs is 1. The molecule has 0 atom stereocenters. The Morgan fingerprint density at radius 3 is 2.49 bits per heavy atom. The molecular formula is C27H29N7O. The lowest BCUT2D eigenvalue weighted by Crippen LogP contribution is -2.36. The second-order valence-corrected chi connectivity index (χ2v) is 9.52. The molecule has 5 heterocycles. The molecule has 2 aliphatic heterocycles. The van der Waals surface area contributed by atoms with Crippen molar-refractivity contribution < 1.29 is 4.79 Å². The largest absolute Gasteiger partial charge is 0.319 e. The van der Waals surface area contributed by atoms with Crippen LogP contribution in [0.3, 0.4) is 0 Å². The number of hydrogen-bond donors (Lipinski definition) is 2. The first-order valence-electron chi connectivity index (χ1n) is 12.3. The number of H-pyrrole nitrogens is 1. The van der Waals surface area contributed by atoms with Crippen LogP contribution in [0, 0.1) is 0 Å². The lowest BCUT2D eigenvalue weighted by atomic mass is 10.0. The molecule has 6 rings (SSSR count). The lowest BCUT2D eigenvalue weighted by Gasteiger charge is -2.30. The zero-order valence-electron chi connectivity index (χ0n) is 19.7. The fourth-order valence-corrected chi connectivity index (χ4v) is 4.85. The summed E-state index contributed by atoms with van der Waals surface area (Å²) >= 11 is 0. The molecule has 4 aromatic rings. The smallest absolute Gasteiger partial charge is 0.276 e. The second-order valence-electron chi connectivity index (χ2n) is 9.52. The Bertz CT molecular complexity index is 1340. The second kappa shape index (κ2) is 9.56. The van der Waals surface area contributed by atoms with E-state index in [0.29, 0.717) is 11.4 Å². The monoisotopic (exact) mass is 467 g/mol. The van der Waals surface area contributed by atoms with E-state index in [1.54, 1.807) is 6.20 Å². The summed E-state index contributed by atoms with van der Waals surface area (Å²) in [5.41, 5.74) is 6.13. The Labute approximate surface area is 204 Å². The minimum atomic E-state index is -0.258. The maximum Gasteiger partial charge on any atom is 0.276 e. The summed E-state index contributed by atoms with van der Waals surface area (Å²) in [5, 5.41) is 11.0. The summed E-state index contributed by atoms with van der Waals surface area (Å²) in [5.74, 6) is -0.258. The Morgan fingerprint density at radius 2 is 1.71 bits per heavy atom. The summed E-state index contributed by atoms with van der Waals surface area (Å²) < 4.78 is 0. The van der Waals surface area contributed by atoms with E-state index in [0.717, 1.165) is 67.0 Å². The quantitative estimate of drug-likeness (QED) is 0.426. The molecule has 1 aromatic carbocycles. The van der Waals surface area contributed by atoms with Gasteiger partial charge in [0, 0.05) is 36.4 Å². The molecule has 2 aliphatic rings. The average Bonchev–Trinajstić information content (AvgIpc) is 3.52. The van der Waals surface area contributed by atoms with Crippen molar-refractivity contribution in [3.63, 3.8) is 0 Å². The molecule has 0 spiro atoms. The molecule has 8 nitrogen and oxygen atoms in total. The van der Waals surface area contributed by atoms with Crippen molar-refractivity contribution in [2.24, 2.45) is 0 Å². The first-order valence-corrected chi connectivity index (χ1v) is 12.3. The molecule has 2 fully saturated rings. The number of benzene rings is 1. The van der Waals surface area contributed by atoms with E-state index < -0.39 is 0 Å². The van der Waals surface area contributed by atoms with Crippen molar-refractivity contribution >= 4 is 22.5 Å². The Balaban J connectivity index is 1.20. The summed E-state index contributed by atoms with van der Waals surface area (Å²) in [6, 6.07) is 12.1. The SMILES string of the molecule is O=C(Nc1ccc(CN2CCC2)nc1)c1n[nH]c2ccc(-c3cncc(CN4CCCC4)c3)cc12. The highest BCUT2D eigenvalue weighted by Gasteiger charge is 2.17. The van der Waals surface area contributed by atoms with Gasteiger partial charge in [-0.3, -0.25) is 29.7 Å². The van der Waals surface area contributed by atoms with Gasteiger partial charge in [0.05, 0.1) is 23.1 Å². The number of anilines is 1. The maximum atomic E-state index is 13.1. The molecule has 2 N–H and O–H groups in total. The van der Waals surface area contributed by atoms with Gasteiger partial charge in [0.15, 0.2) is 5.69 Å². The van der Waals surface area contributed by atoms with Gasteiger partial charge in [-0.2, -0.15) is 5.10 Å². The highest BCUT2D eigenvalue weighted by molar-refractivity contribution is 6.11. The maximum absolute atomic E-state index is 13.1. The molecular weight excluding hydrogens is 438 g/mol. The Kier molecular flexibility index (Phi) is 5.98. The third kappa shape index (κ3) is 4.80. The number of aromatic amines is 1.